The summed E-state index contributed by atoms with van der Waals surface area (Å²) in [5, 5.41) is 7.94. The molecular formula is C28H30N8O. The van der Waals surface area contributed by atoms with Gasteiger partial charge in [0.1, 0.15) is 12.2 Å². The van der Waals surface area contributed by atoms with Gasteiger partial charge >= 0.3 is 0 Å². The predicted molar refractivity (Wildman–Crippen MR) is 143 cm³/mol. The Bertz CT molecular complexity index is 1530. The van der Waals surface area contributed by atoms with Crippen molar-refractivity contribution in [1.82, 2.24) is 34.4 Å². The number of aromatic amines is 1. The summed E-state index contributed by atoms with van der Waals surface area (Å²) in [4.78, 5) is 20.0. The van der Waals surface area contributed by atoms with Crippen molar-refractivity contribution in [3.8, 4) is 22.6 Å². The number of hydrogen-bond donors (Lipinski definition) is 2. The second-order valence-corrected chi connectivity index (χ2v) is 9.39. The average molecular weight is 495 g/mol. The lowest BCUT2D eigenvalue weighted by atomic mass is 10.1. The number of fused-ring (bicyclic) bond motifs is 1. The molecule has 5 heterocycles. The van der Waals surface area contributed by atoms with E-state index in [1.807, 2.05) is 43.5 Å². The molecule has 4 aromatic heterocycles. The SMILES string of the molecule is Cc1cccc(-c2[nH]c(CNc3cccc(C)c3CN3CCOCC3)nc2-c2ccc3ncnn3c2)n1. The van der Waals surface area contributed by atoms with E-state index in [4.69, 9.17) is 14.7 Å². The number of benzene rings is 1. The molecule has 0 spiro atoms. The molecule has 1 aromatic carbocycles. The van der Waals surface area contributed by atoms with Crippen LogP contribution in [0.2, 0.25) is 0 Å². The van der Waals surface area contributed by atoms with E-state index in [0.717, 1.165) is 78.3 Å². The van der Waals surface area contributed by atoms with Crippen molar-refractivity contribution in [3.05, 3.63) is 83.7 Å². The molecule has 5 aromatic rings. The number of H-pyrrole nitrogens is 1. The quantitative estimate of drug-likeness (QED) is 0.349. The highest BCUT2D eigenvalue weighted by atomic mass is 16.5. The standard InChI is InChI=1S/C28H30N8O/c1-19-5-3-7-23(22(19)17-35-11-13-37-14-12-35)29-15-25-33-27(21-9-10-26-30-18-31-36(26)16-21)28(34-25)24-8-4-6-20(2)32-24/h3-10,16,18,29H,11-15,17H2,1-2H3,(H,33,34). The maximum atomic E-state index is 5.53. The minimum atomic E-state index is 0.559. The number of pyridine rings is 2. The summed E-state index contributed by atoms with van der Waals surface area (Å²) in [5.74, 6) is 0.839. The normalized spacial score (nSPS) is 14.3. The van der Waals surface area contributed by atoms with Crippen LogP contribution in [-0.4, -0.2) is 60.8 Å². The molecule has 188 valence electrons. The van der Waals surface area contributed by atoms with Crippen LogP contribution in [0.1, 0.15) is 22.6 Å². The van der Waals surface area contributed by atoms with Crippen molar-refractivity contribution >= 4 is 11.3 Å². The Hall–Kier alpha value is -4.08. The van der Waals surface area contributed by atoms with Gasteiger partial charge in [-0.05, 0) is 55.3 Å². The van der Waals surface area contributed by atoms with Crippen molar-refractivity contribution < 1.29 is 4.74 Å². The molecule has 0 atom stereocenters. The van der Waals surface area contributed by atoms with Crippen LogP contribution in [0.3, 0.4) is 0 Å². The fourth-order valence-electron chi connectivity index (χ4n) is 4.78. The Balaban J connectivity index is 1.31. The van der Waals surface area contributed by atoms with Crippen molar-refractivity contribution in [2.24, 2.45) is 0 Å². The van der Waals surface area contributed by atoms with E-state index in [0.29, 0.717) is 6.54 Å². The van der Waals surface area contributed by atoms with E-state index >= 15 is 0 Å². The number of nitrogens with zero attached hydrogens (tertiary/aromatic N) is 6. The molecule has 0 bridgehead atoms. The number of nitrogens with one attached hydrogen (secondary N) is 2. The molecule has 0 unspecified atom stereocenters. The summed E-state index contributed by atoms with van der Waals surface area (Å²) in [6.45, 7) is 9.13. The van der Waals surface area contributed by atoms with Gasteiger partial charge in [-0.25, -0.2) is 14.5 Å². The lowest BCUT2D eigenvalue weighted by molar-refractivity contribution is 0.0342. The van der Waals surface area contributed by atoms with E-state index in [1.54, 1.807) is 10.8 Å². The molecule has 1 saturated heterocycles. The van der Waals surface area contributed by atoms with Crippen LogP contribution in [0, 0.1) is 13.8 Å². The van der Waals surface area contributed by atoms with Crippen LogP contribution in [-0.2, 0) is 17.8 Å². The topological polar surface area (TPSA) is 96.3 Å². The number of morpholine rings is 1. The lowest BCUT2D eigenvalue weighted by Gasteiger charge is -2.28. The molecule has 0 radical (unpaired) electrons. The molecule has 0 aliphatic carbocycles. The molecule has 37 heavy (non-hydrogen) atoms. The van der Waals surface area contributed by atoms with Gasteiger partial charge < -0.3 is 15.0 Å². The summed E-state index contributed by atoms with van der Waals surface area (Å²) in [7, 11) is 0. The van der Waals surface area contributed by atoms with Crippen LogP contribution >= 0.6 is 0 Å². The molecule has 9 nitrogen and oxygen atoms in total. The average Bonchev–Trinajstić information content (AvgIpc) is 3.56. The van der Waals surface area contributed by atoms with Crippen molar-refractivity contribution in [3.63, 3.8) is 0 Å². The van der Waals surface area contributed by atoms with Gasteiger partial charge in [-0.1, -0.05) is 18.2 Å². The smallest absolute Gasteiger partial charge is 0.155 e. The van der Waals surface area contributed by atoms with Crippen molar-refractivity contribution in [1.29, 1.82) is 0 Å². The maximum absolute atomic E-state index is 5.53. The fraction of sp³-hybridized carbons (Fsp3) is 0.286. The molecule has 1 aliphatic rings. The third kappa shape index (κ3) is 4.96. The molecule has 0 amide bonds. The van der Waals surface area contributed by atoms with Gasteiger partial charge in [0.15, 0.2) is 5.65 Å². The third-order valence-corrected chi connectivity index (χ3v) is 6.79. The fourth-order valence-corrected chi connectivity index (χ4v) is 4.78. The van der Waals surface area contributed by atoms with E-state index in [-0.39, 0.29) is 0 Å². The largest absolute Gasteiger partial charge is 0.379 e. The van der Waals surface area contributed by atoms with Gasteiger partial charge in [0.2, 0.25) is 0 Å². The summed E-state index contributed by atoms with van der Waals surface area (Å²) in [5.41, 5.74) is 9.00. The summed E-state index contributed by atoms with van der Waals surface area (Å²) in [6.07, 6.45) is 3.51. The predicted octanol–water partition coefficient (Wildman–Crippen LogP) is 4.24. The van der Waals surface area contributed by atoms with E-state index in [2.05, 4.69) is 50.4 Å². The molecular weight excluding hydrogens is 464 g/mol. The van der Waals surface area contributed by atoms with Crippen molar-refractivity contribution in [2.75, 3.05) is 31.6 Å². The highest BCUT2D eigenvalue weighted by Crippen LogP contribution is 2.30. The molecule has 1 fully saturated rings. The Kier molecular flexibility index (Phi) is 6.38. The minimum absolute atomic E-state index is 0.559. The number of anilines is 1. The molecule has 6 rings (SSSR count). The summed E-state index contributed by atoms with van der Waals surface area (Å²) < 4.78 is 7.30. The highest BCUT2D eigenvalue weighted by Gasteiger charge is 2.18. The first-order valence-corrected chi connectivity index (χ1v) is 12.6. The Morgan fingerprint density at radius 3 is 2.73 bits per heavy atom. The number of ether oxygens (including phenoxy) is 1. The summed E-state index contributed by atoms with van der Waals surface area (Å²) in [6, 6.07) is 16.4. The zero-order chi connectivity index (χ0) is 25.2. The molecule has 2 N–H and O–H groups in total. The van der Waals surface area contributed by atoms with Gasteiger partial charge in [0.05, 0.1) is 36.8 Å². The number of imidazole rings is 1. The van der Waals surface area contributed by atoms with E-state index < -0.39 is 0 Å². The van der Waals surface area contributed by atoms with Gasteiger partial charge in [-0.3, -0.25) is 9.88 Å². The number of aryl methyl sites for hydroxylation is 2. The van der Waals surface area contributed by atoms with Crippen LogP contribution in [0.5, 0.6) is 0 Å². The Morgan fingerprint density at radius 2 is 1.86 bits per heavy atom. The van der Waals surface area contributed by atoms with Crippen LogP contribution in [0.4, 0.5) is 5.69 Å². The van der Waals surface area contributed by atoms with Gasteiger partial charge in [0, 0.05) is 42.8 Å². The van der Waals surface area contributed by atoms with Crippen LogP contribution in [0.25, 0.3) is 28.3 Å². The first-order chi connectivity index (χ1) is 18.1. The zero-order valence-electron chi connectivity index (χ0n) is 21.1. The second kappa shape index (κ2) is 10.1. The zero-order valence-corrected chi connectivity index (χ0v) is 21.1. The second-order valence-electron chi connectivity index (χ2n) is 9.39. The highest BCUT2D eigenvalue weighted by molar-refractivity contribution is 5.77. The van der Waals surface area contributed by atoms with Crippen LogP contribution < -0.4 is 5.32 Å². The van der Waals surface area contributed by atoms with E-state index in [1.165, 1.54) is 11.1 Å². The van der Waals surface area contributed by atoms with Crippen molar-refractivity contribution in [2.45, 2.75) is 26.9 Å². The third-order valence-electron chi connectivity index (χ3n) is 6.79. The molecule has 9 heteroatoms. The summed E-state index contributed by atoms with van der Waals surface area (Å²) >= 11 is 0. The lowest BCUT2D eigenvalue weighted by Crippen LogP contribution is -2.36. The number of rotatable bonds is 7. The Morgan fingerprint density at radius 1 is 1.00 bits per heavy atom. The van der Waals surface area contributed by atoms with Gasteiger partial charge in [0.25, 0.3) is 0 Å². The Labute approximate surface area is 215 Å². The van der Waals surface area contributed by atoms with E-state index in [9.17, 15) is 0 Å². The number of aromatic nitrogens is 6. The maximum Gasteiger partial charge on any atom is 0.155 e. The monoisotopic (exact) mass is 494 g/mol. The van der Waals surface area contributed by atoms with Gasteiger partial charge in [-0.2, -0.15) is 5.10 Å². The first-order valence-electron chi connectivity index (χ1n) is 12.6. The van der Waals surface area contributed by atoms with Gasteiger partial charge in [-0.15, -0.1) is 0 Å². The molecule has 1 aliphatic heterocycles. The minimum Gasteiger partial charge on any atom is -0.379 e. The van der Waals surface area contributed by atoms with Crippen LogP contribution in [0.15, 0.2) is 61.1 Å². The molecule has 0 saturated carbocycles. The first kappa shape index (κ1) is 23.3. The number of hydrogen-bond acceptors (Lipinski definition) is 7.